The molecular weight excluding hydrogens is 475 g/mol. The van der Waals surface area contributed by atoms with Gasteiger partial charge in [0.15, 0.2) is 5.82 Å². The largest absolute Gasteiger partial charge is 0.416 e. The molecule has 9 heteroatoms. The maximum Gasteiger partial charge on any atom is 0.416 e. The van der Waals surface area contributed by atoms with E-state index in [0.717, 1.165) is 24.3 Å². The van der Waals surface area contributed by atoms with Crippen molar-refractivity contribution >= 4 is 17.7 Å². The zero-order valence-electron chi connectivity index (χ0n) is 19.8. The third-order valence-electron chi connectivity index (χ3n) is 5.15. The van der Waals surface area contributed by atoms with E-state index >= 15 is 0 Å². The SMILES string of the molecule is C=C(C)/C=C/C(F)=C(NC(=C)N1CCC=Nc2ccc(-c3cccc(C(F)(F)F)c3)nc21)\C(F)=C/C. The number of anilines is 1. The first kappa shape index (κ1) is 26.6. The van der Waals surface area contributed by atoms with Crippen LogP contribution in [0.15, 0.2) is 102 Å². The lowest BCUT2D eigenvalue weighted by atomic mass is 10.1. The van der Waals surface area contributed by atoms with Crippen molar-refractivity contribution in [3.8, 4) is 11.3 Å². The minimum atomic E-state index is -4.50. The van der Waals surface area contributed by atoms with Crippen LogP contribution in [0.25, 0.3) is 11.3 Å². The van der Waals surface area contributed by atoms with Gasteiger partial charge in [0.05, 0.1) is 11.3 Å². The smallest absolute Gasteiger partial charge is 0.337 e. The summed E-state index contributed by atoms with van der Waals surface area (Å²) < 4.78 is 69.0. The topological polar surface area (TPSA) is 40.5 Å². The van der Waals surface area contributed by atoms with Crippen LogP contribution in [0.1, 0.15) is 25.8 Å². The van der Waals surface area contributed by atoms with Gasteiger partial charge in [-0.05, 0) is 50.3 Å². The summed E-state index contributed by atoms with van der Waals surface area (Å²) in [7, 11) is 0. The van der Waals surface area contributed by atoms with Crippen molar-refractivity contribution in [3.05, 3.63) is 102 Å². The third kappa shape index (κ3) is 6.35. The summed E-state index contributed by atoms with van der Waals surface area (Å²) in [6.07, 6.45) is 1.23. The van der Waals surface area contributed by atoms with E-state index in [0.29, 0.717) is 24.2 Å². The van der Waals surface area contributed by atoms with E-state index in [4.69, 9.17) is 0 Å². The highest BCUT2D eigenvalue weighted by molar-refractivity contribution is 5.77. The number of pyridine rings is 1. The molecule has 0 fully saturated rings. The van der Waals surface area contributed by atoms with Gasteiger partial charge in [0.1, 0.15) is 28.9 Å². The lowest BCUT2D eigenvalue weighted by molar-refractivity contribution is -0.137. The number of halogens is 5. The molecule has 0 spiro atoms. The number of nitrogens with zero attached hydrogens (tertiary/aromatic N) is 3. The fourth-order valence-corrected chi connectivity index (χ4v) is 3.36. The van der Waals surface area contributed by atoms with Gasteiger partial charge < -0.3 is 10.2 Å². The minimum Gasteiger partial charge on any atom is -0.337 e. The van der Waals surface area contributed by atoms with Gasteiger partial charge in [-0.3, -0.25) is 4.99 Å². The second kappa shape index (κ2) is 11.2. The van der Waals surface area contributed by atoms with Crippen LogP contribution in [0.3, 0.4) is 0 Å². The summed E-state index contributed by atoms with van der Waals surface area (Å²) in [5.74, 6) is -1.31. The van der Waals surface area contributed by atoms with E-state index in [1.54, 1.807) is 30.2 Å². The van der Waals surface area contributed by atoms with Crippen molar-refractivity contribution in [3.63, 3.8) is 0 Å². The molecule has 1 aliphatic rings. The Morgan fingerprint density at radius 3 is 2.53 bits per heavy atom. The van der Waals surface area contributed by atoms with Gasteiger partial charge in [-0.1, -0.05) is 36.9 Å². The van der Waals surface area contributed by atoms with E-state index < -0.39 is 29.1 Å². The Morgan fingerprint density at radius 2 is 1.86 bits per heavy atom. The fourth-order valence-electron chi connectivity index (χ4n) is 3.36. The summed E-state index contributed by atoms with van der Waals surface area (Å²) >= 11 is 0. The van der Waals surface area contributed by atoms with Crippen LogP contribution >= 0.6 is 0 Å². The fraction of sp³-hybridized carbons (Fsp3) is 0.185. The predicted molar refractivity (Wildman–Crippen MR) is 134 cm³/mol. The van der Waals surface area contributed by atoms with Crippen molar-refractivity contribution in [1.29, 1.82) is 0 Å². The maximum atomic E-state index is 14.8. The Bertz CT molecular complexity index is 1290. The number of hydrogen-bond donors (Lipinski definition) is 1. The Balaban J connectivity index is 2.01. The second-order valence-corrected chi connectivity index (χ2v) is 7.98. The molecule has 3 rings (SSSR count). The highest BCUT2D eigenvalue weighted by Crippen LogP contribution is 2.36. The van der Waals surface area contributed by atoms with Crippen LogP contribution in [-0.2, 0) is 6.18 Å². The van der Waals surface area contributed by atoms with Crippen molar-refractivity contribution < 1.29 is 22.0 Å². The van der Waals surface area contributed by atoms with Crippen molar-refractivity contribution in [1.82, 2.24) is 10.3 Å². The molecule has 188 valence electrons. The lowest BCUT2D eigenvalue weighted by Gasteiger charge is -2.27. The molecule has 0 saturated carbocycles. The van der Waals surface area contributed by atoms with Gasteiger partial charge >= 0.3 is 6.18 Å². The molecule has 2 aromatic rings. The molecule has 0 amide bonds. The highest BCUT2D eigenvalue weighted by atomic mass is 19.4. The van der Waals surface area contributed by atoms with Crippen molar-refractivity contribution in [2.24, 2.45) is 4.99 Å². The van der Waals surface area contributed by atoms with E-state index in [1.165, 1.54) is 25.1 Å². The van der Waals surface area contributed by atoms with Crippen LogP contribution in [-0.4, -0.2) is 17.7 Å². The van der Waals surface area contributed by atoms with Gasteiger partial charge in [-0.2, -0.15) is 13.2 Å². The first-order valence-electron chi connectivity index (χ1n) is 11.0. The number of rotatable bonds is 7. The molecule has 2 heterocycles. The van der Waals surface area contributed by atoms with Crippen LogP contribution in [0, 0.1) is 0 Å². The first-order chi connectivity index (χ1) is 17.0. The standard InChI is InChI=1S/C27H25F5N4/c1-5-21(28)25(22(29)11-10-17(2)3)34-18(4)36-15-7-14-33-24-13-12-23(35-26(24)36)19-8-6-9-20(16-19)27(30,31)32/h5-6,8-14,16,34H,2,4,7,15H2,1,3H3/b11-10+,21-5+,25-22-. The molecule has 1 aliphatic heterocycles. The zero-order chi connectivity index (χ0) is 26.5. The average molecular weight is 501 g/mol. The molecule has 36 heavy (non-hydrogen) atoms. The molecule has 0 unspecified atom stereocenters. The van der Waals surface area contributed by atoms with Crippen LogP contribution in [0.5, 0.6) is 0 Å². The number of allylic oxidation sites excluding steroid dienone is 6. The average Bonchev–Trinajstić information content (AvgIpc) is 3.06. The lowest BCUT2D eigenvalue weighted by Crippen LogP contribution is -2.32. The number of nitrogens with one attached hydrogen (secondary N) is 1. The second-order valence-electron chi connectivity index (χ2n) is 7.98. The number of benzene rings is 1. The molecule has 0 radical (unpaired) electrons. The summed E-state index contributed by atoms with van der Waals surface area (Å²) in [5.41, 5.74) is 0.324. The summed E-state index contributed by atoms with van der Waals surface area (Å²) in [6.45, 7) is 11.0. The quantitative estimate of drug-likeness (QED) is 0.310. The highest BCUT2D eigenvalue weighted by Gasteiger charge is 2.30. The van der Waals surface area contributed by atoms with Crippen molar-refractivity contribution in [2.45, 2.75) is 26.4 Å². The molecule has 0 bridgehead atoms. The van der Waals surface area contributed by atoms with E-state index in [1.807, 2.05) is 0 Å². The van der Waals surface area contributed by atoms with E-state index in [-0.39, 0.29) is 22.9 Å². The van der Waals surface area contributed by atoms with Crippen LogP contribution < -0.4 is 10.2 Å². The number of fused-ring (bicyclic) bond motifs is 1. The van der Waals surface area contributed by atoms with E-state index in [2.05, 4.69) is 28.5 Å². The Kier molecular flexibility index (Phi) is 8.24. The third-order valence-corrected chi connectivity index (χ3v) is 5.15. The Labute approximate surface area is 206 Å². The van der Waals surface area contributed by atoms with Gasteiger partial charge in [0.2, 0.25) is 0 Å². The van der Waals surface area contributed by atoms with Crippen LogP contribution in [0.2, 0.25) is 0 Å². The summed E-state index contributed by atoms with van der Waals surface area (Å²) in [6, 6.07) is 8.01. The number of aliphatic imine (C=N–C) groups is 1. The first-order valence-corrected chi connectivity index (χ1v) is 11.0. The molecule has 1 aromatic carbocycles. The van der Waals surface area contributed by atoms with Gasteiger partial charge in [0.25, 0.3) is 0 Å². The normalized spacial score (nSPS) is 14.9. The van der Waals surface area contributed by atoms with Gasteiger partial charge in [-0.15, -0.1) is 0 Å². The van der Waals surface area contributed by atoms with E-state index in [9.17, 15) is 22.0 Å². The number of aromatic nitrogens is 1. The predicted octanol–water partition coefficient (Wildman–Crippen LogP) is 7.93. The zero-order valence-corrected chi connectivity index (χ0v) is 19.8. The minimum absolute atomic E-state index is 0.112. The molecule has 0 aliphatic carbocycles. The summed E-state index contributed by atoms with van der Waals surface area (Å²) in [5, 5.41) is 2.69. The van der Waals surface area contributed by atoms with Crippen molar-refractivity contribution in [2.75, 3.05) is 11.4 Å². The number of hydrogen-bond acceptors (Lipinski definition) is 4. The molecule has 1 N–H and O–H groups in total. The summed E-state index contributed by atoms with van der Waals surface area (Å²) in [4.78, 5) is 10.5. The van der Waals surface area contributed by atoms with Crippen LogP contribution in [0.4, 0.5) is 33.5 Å². The number of alkyl halides is 3. The molecule has 4 nitrogen and oxygen atoms in total. The Hall–Kier alpha value is -4.01. The monoisotopic (exact) mass is 500 g/mol. The molecular formula is C27H25F5N4. The molecule has 1 aromatic heterocycles. The Morgan fingerprint density at radius 1 is 1.11 bits per heavy atom. The van der Waals surface area contributed by atoms with Gasteiger partial charge in [-0.25, -0.2) is 13.8 Å². The molecule has 0 atom stereocenters. The molecule has 0 saturated heterocycles. The maximum absolute atomic E-state index is 14.8. The van der Waals surface area contributed by atoms with Gasteiger partial charge in [0, 0.05) is 24.7 Å².